The summed E-state index contributed by atoms with van der Waals surface area (Å²) in [5, 5.41) is 0. The molecule has 5 heteroatoms. The van der Waals surface area contributed by atoms with Gasteiger partial charge in [0.15, 0.2) is 0 Å². The minimum atomic E-state index is -0.504. The van der Waals surface area contributed by atoms with Crippen LogP contribution in [0.1, 0.15) is 47.0 Å². The summed E-state index contributed by atoms with van der Waals surface area (Å²) >= 11 is 0. The first-order valence-corrected chi connectivity index (χ1v) is 6.42. The third-order valence-electron chi connectivity index (χ3n) is 2.99. The van der Waals surface area contributed by atoms with Gasteiger partial charge in [0, 0.05) is 6.54 Å². The topological polar surface area (TPSA) is 59.0 Å². The van der Waals surface area contributed by atoms with Gasteiger partial charge in [0.1, 0.15) is 5.60 Å². The second-order valence-electron chi connectivity index (χ2n) is 5.70. The van der Waals surface area contributed by atoms with Gasteiger partial charge in [-0.2, -0.15) is 0 Å². The standard InChI is InChI=1S/C13H22N2O3/c1-10(14-9-16)11-7-5-6-8-15(11)12(17)18-13(2,3)4/h10-11H,5-8H2,1-4H3. The average Bonchev–Trinajstić information content (AvgIpc) is 2.27. The molecule has 0 saturated carbocycles. The van der Waals surface area contributed by atoms with Gasteiger partial charge in [0.05, 0.1) is 12.1 Å². The molecule has 102 valence electrons. The molecule has 0 bridgehead atoms. The Bertz CT molecular complexity index is 343. The first kappa shape index (κ1) is 14.7. The molecule has 0 aliphatic carbocycles. The van der Waals surface area contributed by atoms with Crippen molar-refractivity contribution < 1.29 is 14.3 Å². The van der Waals surface area contributed by atoms with Crippen molar-refractivity contribution in [1.29, 1.82) is 0 Å². The van der Waals surface area contributed by atoms with Gasteiger partial charge in [0.25, 0.3) is 0 Å². The first-order chi connectivity index (χ1) is 8.35. The van der Waals surface area contributed by atoms with Crippen LogP contribution in [0.3, 0.4) is 0 Å². The lowest BCUT2D eigenvalue weighted by atomic mass is 9.97. The summed E-state index contributed by atoms with van der Waals surface area (Å²) in [4.78, 5) is 27.9. The van der Waals surface area contributed by atoms with Gasteiger partial charge in [-0.1, -0.05) is 0 Å². The van der Waals surface area contributed by atoms with Gasteiger partial charge in [0.2, 0.25) is 6.08 Å². The van der Waals surface area contributed by atoms with Crippen LogP contribution in [-0.4, -0.2) is 41.3 Å². The Morgan fingerprint density at radius 3 is 2.67 bits per heavy atom. The number of hydrogen-bond acceptors (Lipinski definition) is 4. The quantitative estimate of drug-likeness (QED) is 0.562. The molecule has 0 aromatic carbocycles. The molecule has 1 rings (SSSR count). The monoisotopic (exact) mass is 254 g/mol. The third kappa shape index (κ3) is 4.15. The number of carbonyl (C=O) groups excluding carboxylic acids is 2. The smallest absolute Gasteiger partial charge is 0.410 e. The summed E-state index contributed by atoms with van der Waals surface area (Å²) in [6, 6.07) is -0.287. The number of carbonyl (C=O) groups is 1. The van der Waals surface area contributed by atoms with Gasteiger partial charge in [-0.25, -0.2) is 14.6 Å². The summed E-state index contributed by atoms with van der Waals surface area (Å²) < 4.78 is 5.38. The molecule has 0 aromatic rings. The Hall–Kier alpha value is -1.35. The van der Waals surface area contributed by atoms with Crippen molar-refractivity contribution in [1.82, 2.24) is 4.90 Å². The summed E-state index contributed by atoms with van der Waals surface area (Å²) in [5.41, 5.74) is -0.504. The summed E-state index contributed by atoms with van der Waals surface area (Å²) in [5.74, 6) is 0. The molecule has 0 N–H and O–H groups in total. The van der Waals surface area contributed by atoms with Crippen LogP contribution in [0.4, 0.5) is 4.79 Å². The van der Waals surface area contributed by atoms with E-state index in [1.165, 1.54) is 0 Å². The predicted octanol–water partition coefficient (Wildman–Crippen LogP) is 2.50. The normalized spacial score (nSPS) is 22.0. The lowest BCUT2D eigenvalue weighted by Gasteiger charge is -2.38. The van der Waals surface area contributed by atoms with Crippen LogP contribution in [0, 0.1) is 0 Å². The van der Waals surface area contributed by atoms with E-state index in [1.54, 1.807) is 11.0 Å². The van der Waals surface area contributed by atoms with Crippen LogP contribution in [0.15, 0.2) is 4.99 Å². The molecule has 0 radical (unpaired) electrons. The van der Waals surface area contributed by atoms with E-state index in [1.807, 2.05) is 27.7 Å². The maximum atomic E-state index is 12.1. The molecule has 2 unspecified atom stereocenters. The first-order valence-electron chi connectivity index (χ1n) is 6.42. The molecule has 1 aliphatic rings. The molecule has 5 nitrogen and oxygen atoms in total. The molecule has 1 amide bonds. The number of isocyanates is 1. The molecule has 2 atom stereocenters. The number of nitrogens with zero attached hydrogens (tertiary/aromatic N) is 2. The SMILES string of the molecule is CC(N=C=O)C1CCCCN1C(=O)OC(C)(C)C. The van der Waals surface area contributed by atoms with E-state index in [0.717, 1.165) is 19.3 Å². The highest BCUT2D eigenvalue weighted by atomic mass is 16.6. The number of aliphatic imine (C=N–C) groups is 1. The molecular formula is C13H22N2O3. The second-order valence-corrected chi connectivity index (χ2v) is 5.70. The van der Waals surface area contributed by atoms with Crippen molar-refractivity contribution in [2.24, 2.45) is 4.99 Å². The molecule has 1 heterocycles. The van der Waals surface area contributed by atoms with Crippen LogP contribution < -0.4 is 0 Å². The number of likely N-dealkylation sites (tertiary alicyclic amines) is 1. The maximum absolute atomic E-state index is 12.1. The molecular weight excluding hydrogens is 232 g/mol. The van der Waals surface area contributed by atoms with Gasteiger partial charge in [-0.15, -0.1) is 0 Å². The fourth-order valence-corrected chi connectivity index (χ4v) is 2.18. The Labute approximate surface area is 108 Å². The van der Waals surface area contributed by atoms with E-state index in [0.29, 0.717) is 6.54 Å². The highest BCUT2D eigenvalue weighted by Gasteiger charge is 2.33. The number of ether oxygens (including phenoxy) is 1. The maximum Gasteiger partial charge on any atom is 0.410 e. The van der Waals surface area contributed by atoms with Crippen molar-refractivity contribution in [2.75, 3.05) is 6.54 Å². The van der Waals surface area contributed by atoms with Crippen molar-refractivity contribution in [2.45, 2.75) is 64.6 Å². The molecule has 0 aromatic heterocycles. The van der Waals surface area contributed by atoms with Crippen LogP contribution >= 0.6 is 0 Å². The van der Waals surface area contributed by atoms with Gasteiger partial charge >= 0.3 is 6.09 Å². The fourth-order valence-electron chi connectivity index (χ4n) is 2.18. The van der Waals surface area contributed by atoms with Gasteiger partial charge in [-0.3, -0.25) is 0 Å². The average molecular weight is 254 g/mol. The van der Waals surface area contributed by atoms with Crippen molar-refractivity contribution >= 4 is 12.2 Å². The van der Waals surface area contributed by atoms with E-state index >= 15 is 0 Å². The third-order valence-corrected chi connectivity index (χ3v) is 2.99. The van der Waals surface area contributed by atoms with Gasteiger partial charge < -0.3 is 9.64 Å². The van der Waals surface area contributed by atoms with Gasteiger partial charge in [-0.05, 0) is 47.0 Å². The minimum absolute atomic E-state index is 0.0601. The molecule has 1 saturated heterocycles. The van der Waals surface area contributed by atoms with E-state index in [-0.39, 0.29) is 18.2 Å². The highest BCUT2D eigenvalue weighted by molar-refractivity contribution is 5.68. The molecule has 1 aliphatic heterocycles. The number of rotatable bonds is 2. The Kier molecular flexibility index (Phi) is 4.91. The Morgan fingerprint density at radius 2 is 2.11 bits per heavy atom. The van der Waals surface area contributed by atoms with E-state index < -0.39 is 5.60 Å². The molecule has 18 heavy (non-hydrogen) atoms. The minimum Gasteiger partial charge on any atom is -0.444 e. The van der Waals surface area contributed by atoms with E-state index in [9.17, 15) is 9.59 Å². The zero-order valence-electron chi connectivity index (χ0n) is 11.6. The summed E-state index contributed by atoms with van der Waals surface area (Å²) in [6.07, 6.45) is 4.11. The lowest BCUT2D eigenvalue weighted by molar-refractivity contribution is 0.00742. The number of amides is 1. The van der Waals surface area contributed by atoms with Crippen molar-refractivity contribution in [3.8, 4) is 0 Å². The van der Waals surface area contributed by atoms with E-state index in [4.69, 9.17) is 4.74 Å². The zero-order chi connectivity index (χ0) is 13.8. The van der Waals surface area contributed by atoms with Crippen molar-refractivity contribution in [3.05, 3.63) is 0 Å². The number of piperidine rings is 1. The highest BCUT2D eigenvalue weighted by Crippen LogP contribution is 2.23. The van der Waals surface area contributed by atoms with Crippen LogP contribution in [0.5, 0.6) is 0 Å². The van der Waals surface area contributed by atoms with E-state index in [2.05, 4.69) is 4.99 Å². The lowest BCUT2D eigenvalue weighted by Crippen LogP contribution is -2.50. The predicted molar refractivity (Wildman–Crippen MR) is 68.2 cm³/mol. The number of hydrogen-bond donors (Lipinski definition) is 0. The summed E-state index contributed by atoms with van der Waals surface area (Å²) in [7, 11) is 0. The van der Waals surface area contributed by atoms with Crippen LogP contribution in [0.25, 0.3) is 0 Å². The largest absolute Gasteiger partial charge is 0.444 e. The van der Waals surface area contributed by atoms with Crippen molar-refractivity contribution in [3.63, 3.8) is 0 Å². The molecule has 0 spiro atoms. The van der Waals surface area contributed by atoms with Crippen LogP contribution in [0.2, 0.25) is 0 Å². The zero-order valence-corrected chi connectivity index (χ0v) is 11.6. The summed E-state index contributed by atoms with van der Waals surface area (Å²) in [6.45, 7) is 8.03. The molecule has 1 fully saturated rings. The Balaban J connectivity index is 2.76. The second kappa shape index (κ2) is 6.01. The Morgan fingerprint density at radius 1 is 1.44 bits per heavy atom. The van der Waals surface area contributed by atoms with Crippen LogP contribution in [-0.2, 0) is 9.53 Å². The fraction of sp³-hybridized carbons (Fsp3) is 0.846.